The highest BCUT2D eigenvalue weighted by Gasteiger charge is 2.23. The van der Waals surface area contributed by atoms with Crippen molar-refractivity contribution in [3.05, 3.63) is 16.5 Å². The van der Waals surface area contributed by atoms with E-state index in [1.165, 1.54) is 0 Å². The molecular weight excluding hydrogens is 270 g/mol. The van der Waals surface area contributed by atoms with Crippen molar-refractivity contribution in [3.63, 3.8) is 0 Å². The van der Waals surface area contributed by atoms with Crippen LogP contribution < -0.4 is 4.90 Å². The van der Waals surface area contributed by atoms with Gasteiger partial charge in [0.2, 0.25) is 0 Å². The quantitative estimate of drug-likeness (QED) is 0.860. The molecule has 1 fully saturated rings. The van der Waals surface area contributed by atoms with Gasteiger partial charge in [-0.3, -0.25) is 0 Å². The average Bonchev–Trinajstić information content (AvgIpc) is 2.65. The number of anilines is 1. The first-order valence-corrected chi connectivity index (χ1v) is 6.35. The molecule has 0 amide bonds. The van der Waals surface area contributed by atoms with Crippen LogP contribution in [0.3, 0.4) is 0 Å². The summed E-state index contributed by atoms with van der Waals surface area (Å²) in [7, 11) is 0. The zero-order valence-electron chi connectivity index (χ0n) is 9.36. The first-order chi connectivity index (χ1) is 7.69. The van der Waals surface area contributed by atoms with Crippen LogP contribution in [0.25, 0.3) is 0 Å². The Labute approximate surface area is 104 Å². The number of halogens is 1. The lowest BCUT2D eigenvalue weighted by atomic mass is 10.1. The summed E-state index contributed by atoms with van der Waals surface area (Å²) in [6, 6.07) is 1.95. The zero-order chi connectivity index (χ0) is 11.5. The molecule has 1 aliphatic heterocycles. The number of aliphatic hydroxyl groups is 1. The Kier molecular flexibility index (Phi) is 3.76. The monoisotopic (exact) mass is 285 g/mol. The van der Waals surface area contributed by atoms with Crippen molar-refractivity contribution in [2.45, 2.75) is 19.8 Å². The maximum absolute atomic E-state index is 8.92. The molecule has 16 heavy (non-hydrogen) atoms. The third kappa shape index (κ3) is 2.71. The van der Waals surface area contributed by atoms with Crippen molar-refractivity contribution in [1.82, 2.24) is 9.97 Å². The minimum atomic E-state index is 0.283. The number of nitrogens with zero attached hydrogens (tertiary/aromatic N) is 3. The molecule has 1 saturated heterocycles. The van der Waals surface area contributed by atoms with Crippen molar-refractivity contribution in [3.8, 4) is 0 Å². The van der Waals surface area contributed by atoms with Gasteiger partial charge in [0.25, 0.3) is 0 Å². The Hall–Kier alpha value is -0.680. The number of aryl methyl sites for hydroxylation is 1. The summed E-state index contributed by atoms with van der Waals surface area (Å²) in [5.74, 6) is 2.37. The fourth-order valence-electron chi connectivity index (χ4n) is 2.14. The highest BCUT2D eigenvalue weighted by Crippen LogP contribution is 2.25. The molecule has 0 aromatic carbocycles. The number of aliphatic hydroxyl groups excluding tert-OH is 1. The lowest BCUT2D eigenvalue weighted by Crippen LogP contribution is -2.21. The first kappa shape index (κ1) is 11.8. The molecular formula is C11H16BrN3O. The van der Waals surface area contributed by atoms with Crippen LogP contribution in [-0.2, 0) is 0 Å². The van der Waals surface area contributed by atoms with E-state index in [-0.39, 0.29) is 6.61 Å². The molecule has 88 valence electrons. The Morgan fingerprint density at radius 3 is 3.06 bits per heavy atom. The van der Waals surface area contributed by atoms with Crippen LogP contribution in [-0.4, -0.2) is 34.8 Å². The second-order valence-electron chi connectivity index (χ2n) is 4.21. The van der Waals surface area contributed by atoms with E-state index in [4.69, 9.17) is 5.11 Å². The molecule has 2 heterocycles. The summed E-state index contributed by atoms with van der Waals surface area (Å²) in [4.78, 5) is 10.9. The molecule has 1 unspecified atom stereocenters. The van der Waals surface area contributed by atoms with Crippen LogP contribution in [0.4, 0.5) is 5.82 Å². The number of hydrogen-bond donors (Lipinski definition) is 1. The van der Waals surface area contributed by atoms with Crippen molar-refractivity contribution < 1.29 is 5.11 Å². The molecule has 0 saturated carbocycles. The molecule has 0 radical (unpaired) electrons. The molecule has 5 heteroatoms. The van der Waals surface area contributed by atoms with E-state index in [2.05, 4.69) is 30.8 Å². The predicted octanol–water partition coefficient (Wildman–Crippen LogP) is 1.76. The minimum Gasteiger partial charge on any atom is -0.396 e. The zero-order valence-corrected chi connectivity index (χ0v) is 10.9. The van der Waals surface area contributed by atoms with Crippen molar-refractivity contribution >= 4 is 21.7 Å². The van der Waals surface area contributed by atoms with Crippen LogP contribution >= 0.6 is 15.9 Å². The molecule has 1 N–H and O–H groups in total. The molecule has 1 aromatic rings. The van der Waals surface area contributed by atoms with E-state index in [9.17, 15) is 0 Å². The number of rotatable bonds is 3. The third-order valence-corrected chi connectivity index (χ3v) is 3.35. The van der Waals surface area contributed by atoms with Gasteiger partial charge in [0.1, 0.15) is 16.2 Å². The van der Waals surface area contributed by atoms with E-state index < -0.39 is 0 Å². The third-order valence-electron chi connectivity index (χ3n) is 2.94. The normalized spacial score (nSPS) is 20.4. The molecule has 1 atom stereocenters. The van der Waals surface area contributed by atoms with Gasteiger partial charge in [-0.2, -0.15) is 0 Å². The molecule has 1 aliphatic rings. The Bertz CT molecular complexity index is 352. The summed E-state index contributed by atoms with van der Waals surface area (Å²) in [5, 5.41) is 8.92. The molecule has 0 spiro atoms. The summed E-state index contributed by atoms with van der Waals surface area (Å²) < 4.78 is 0.834. The van der Waals surface area contributed by atoms with Gasteiger partial charge in [0.05, 0.1) is 0 Å². The number of aromatic nitrogens is 2. The topological polar surface area (TPSA) is 49.2 Å². The molecule has 4 nitrogen and oxygen atoms in total. The SMILES string of the molecule is Cc1nc(Br)cc(N2CCC(CCO)C2)n1. The molecule has 1 aromatic heterocycles. The Balaban J connectivity index is 2.08. The summed E-state index contributed by atoms with van der Waals surface area (Å²) in [6.45, 7) is 4.19. The van der Waals surface area contributed by atoms with E-state index in [1.807, 2.05) is 13.0 Å². The fourth-order valence-corrected chi connectivity index (χ4v) is 2.60. The van der Waals surface area contributed by atoms with E-state index >= 15 is 0 Å². The molecule has 0 aliphatic carbocycles. The van der Waals surface area contributed by atoms with Crippen LogP contribution in [0.2, 0.25) is 0 Å². The summed E-state index contributed by atoms with van der Waals surface area (Å²) in [5.41, 5.74) is 0. The van der Waals surface area contributed by atoms with Gasteiger partial charge < -0.3 is 10.0 Å². The summed E-state index contributed by atoms with van der Waals surface area (Å²) in [6.07, 6.45) is 2.03. The second kappa shape index (κ2) is 5.10. The minimum absolute atomic E-state index is 0.283. The van der Waals surface area contributed by atoms with Gasteiger partial charge in [-0.1, -0.05) is 0 Å². The van der Waals surface area contributed by atoms with Crippen molar-refractivity contribution in [2.24, 2.45) is 5.92 Å². The summed E-state index contributed by atoms with van der Waals surface area (Å²) >= 11 is 3.39. The van der Waals surface area contributed by atoms with Gasteiger partial charge >= 0.3 is 0 Å². The smallest absolute Gasteiger partial charge is 0.133 e. The van der Waals surface area contributed by atoms with E-state index in [0.717, 1.165) is 42.2 Å². The highest BCUT2D eigenvalue weighted by molar-refractivity contribution is 9.10. The Morgan fingerprint density at radius 2 is 2.38 bits per heavy atom. The number of hydrogen-bond acceptors (Lipinski definition) is 4. The van der Waals surface area contributed by atoms with E-state index in [1.54, 1.807) is 0 Å². The van der Waals surface area contributed by atoms with Crippen LogP contribution in [0.5, 0.6) is 0 Å². The Morgan fingerprint density at radius 1 is 1.56 bits per heavy atom. The second-order valence-corrected chi connectivity index (χ2v) is 5.02. The van der Waals surface area contributed by atoms with Gasteiger partial charge in [-0.25, -0.2) is 9.97 Å². The van der Waals surface area contributed by atoms with Crippen LogP contribution in [0.1, 0.15) is 18.7 Å². The largest absolute Gasteiger partial charge is 0.396 e. The highest BCUT2D eigenvalue weighted by atomic mass is 79.9. The van der Waals surface area contributed by atoms with Crippen LogP contribution in [0.15, 0.2) is 10.7 Å². The lowest BCUT2D eigenvalue weighted by Gasteiger charge is -2.17. The maximum Gasteiger partial charge on any atom is 0.133 e. The van der Waals surface area contributed by atoms with Crippen molar-refractivity contribution in [2.75, 3.05) is 24.6 Å². The van der Waals surface area contributed by atoms with Gasteiger partial charge in [-0.15, -0.1) is 0 Å². The predicted molar refractivity (Wildman–Crippen MR) is 66.5 cm³/mol. The average molecular weight is 286 g/mol. The van der Waals surface area contributed by atoms with Crippen molar-refractivity contribution in [1.29, 1.82) is 0 Å². The molecule has 2 rings (SSSR count). The first-order valence-electron chi connectivity index (χ1n) is 5.56. The van der Waals surface area contributed by atoms with Crippen LogP contribution in [0, 0.1) is 12.8 Å². The van der Waals surface area contributed by atoms with E-state index in [0.29, 0.717) is 5.92 Å². The van der Waals surface area contributed by atoms with Gasteiger partial charge in [0, 0.05) is 25.8 Å². The lowest BCUT2D eigenvalue weighted by molar-refractivity contribution is 0.263. The van der Waals surface area contributed by atoms with Gasteiger partial charge in [0.15, 0.2) is 0 Å². The molecule has 0 bridgehead atoms. The van der Waals surface area contributed by atoms with Gasteiger partial charge in [-0.05, 0) is 41.6 Å². The fraction of sp³-hybridized carbons (Fsp3) is 0.636. The standard InChI is InChI=1S/C11H16BrN3O/c1-8-13-10(12)6-11(14-8)15-4-2-9(7-15)3-5-16/h6,9,16H,2-5,7H2,1H3. The maximum atomic E-state index is 8.92.